The van der Waals surface area contributed by atoms with E-state index < -0.39 is 0 Å². The Morgan fingerprint density at radius 3 is 2.31 bits per heavy atom. The van der Waals surface area contributed by atoms with E-state index in [1.807, 2.05) is 12.1 Å². The van der Waals surface area contributed by atoms with E-state index in [1.54, 1.807) is 21.3 Å². The van der Waals surface area contributed by atoms with Crippen LogP contribution >= 0.6 is 0 Å². The Morgan fingerprint density at radius 2 is 1.69 bits per heavy atom. The lowest BCUT2D eigenvalue weighted by molar-refractivity contribution is -0.121. The third kappa shape index (κ3) is 6.01. The van der Waals surface area contributed by atoms with Crippen molar-refractivity contribution >= 4 is 5.91 Å². The van der Waals surface area contributed by atoms with Crippen molar-refractivity contribution < 1.29 is 19.0 Å². The molecule has 6 heteroatoms. The van der Waals surface area contributed by atoms with Gasteiger partial charge in [0.25, 0.3) is 0 Å². The lowest BCUT2D eigenvalue weighted by atomic mass is 9.88. The molecule has 1 saturated carbocycles. The number of ether oxygens (including phenoxy) is 3. The van der Waals surface area contributed by atoms with Crippen LogP contribution in [0.25, 0.3) is 0 Å². The van der Waals surface area contributed by atoms with E-state index in [-0.39, 0.29) is 11.9 Å². The number of amides is 1. The molecule has 1 aromatic carbocycles. The monoisotopic (exact) mass is 404 g/mol. The molecule has 29 heavy (non-hydrogen) atoms. The van der Waals surface area contributed by atoms with Gasteiger partial charge in [0.2, 0.25) is 11.7 Å². The van der Waals surface area contributed by atoms with Crippen LogP contribution in [0.4, 0.5) is 0 Å². The molecule has 0 aromatic heterocycles. The zero-order valence-corrected chi connectivity index (χ0v) is 18.2. The van der Waals surface area contributed by atoms with Crippen molar-refractivity contribution in [2.75, 3.05) is 41.0 Å². The number of benzene rings is 1. The molecule has 0 unspecified atom stereocenters. The molecule has 0 spiro atoms. The van der Waals surface area contributed by atoms with Crippen LogP contribution in [0.15, 0.2) is 12.1 Å². The van der Waals surface area contributed by atoms with Gasteiger partial charge in [-0.2, -0.15) is 0 Å². The maximum atomic E-state index is 12.7. The zero-order valence-electron chi connectivity index (χ0n) is 18.2. The SMILES string of the molecule is COc1cc(CC(=O)N[C@@H]2CCCN(CC3CCCCC3)C2)cc(OC)c1OC. The molecule has 1 N–H and O–H groups in total. The number of nitrogens with zero attached hydrogens (tertiary/aromatic N) is 1. The van der Waals surface area contributed by atoms with E-state index in [2.05, 4.69) is 10.2 Å². The number of hydrogen-bond acceptors (Lipinski definition) is 5. The summed E-state index contributed by atoms with van der Waals surface area (Å²) in [5, 5.41) is 3.24. The topological polar surface area (TPSA) is 60.0 Å². The van der Waals surface area contributed by atoms with Crippen molar-refractivity contribution in [2.24, 2.45) is 5.92 Å². The van der Waals surface area contributed by atoms with Gasteiger partial charge in [0.15, 0.2) is 11.5 Å². The largest absolute Gasteiger partial charge is 0.493 e. The van der Waals surface area contributed by atoms with Crippen LogP contribution in [0, 0.1) is 5.92 Å². The van der Waals surface area contributed by atoms with Gasteiger partial charge < -0.3 is 24.4 Å². The fourth-order valence-corrected chi connectivity index (χ4v) is 4.78. The van der Waals surface area contributed by atoms with E-state index in [0.717, 1.165) is 37.4 Å². The van der Waals surface area contributed by atoms with Crippen molar-refractivity contribution in [1.29, 1.82) is 0 Å². The molecular weight excluding hydrogens is 368 g/mol. The Hall–Kier alpha value is -1.95. The number of carbonyl (C=O) groups excluding carboxylic acids is 1. The fourth-order valence-electron chi connectivity index (χ4n) is 4.78. The third-order valence-corrected chi connectivity index (χ3v) is 6.20. The number of nitrogens with one attached hydrogen (secondary N) is 1. The number of piperidine rings is 1. The molecule has 0 bridgehead atoms. The van der Waals surface area contributed by atoms with Crippen molar-refractivity contribution in [1.82, 2.24) is 10.2 Å². The quantitative estimate of drug-likeness (QED) is 0.719. The first-order chi connectivity index (χ1) is 14.1. The average Bonchev–Trinajstić information content (AvgIpc) is 2.73. The second kappa shape index (κ2) is 10.7. The Balaban J connectivity index is 1.54. The highest BCUT2D eigenvalue weighted by Crippen LogP contribution is 2.38. The van der Waals surface area contributed by atoms with Crippen LogP contribution < -0.4 is 19.5 Å². The summed E-state index contributed by atoms with van der Waals surface area (Å²) in [5.74, 6) is 2.59. The Morgan fingerprint density at radius 1 is 1.00 bits per heavy atom. The molecule has 0 radical (unpaired) electrons. The van der Waals surface area contributed by atoms with Crippen molar-refractivity contribution in [3.8, 4) is 17.2 Å². The lowest BCUT2D eigenvalue weighted by Crippen LogP contribution is -2.49. The molecule has 3 rings (SSSR count). The number of carbonyl (C=O) groups is 1. The summed E-state index contributed by atoms with van der Waals surface area (Å²) in [7, 11) is 4.75. The molecule has 162 valence electrons. The molecule has 2 aliphatic rings. The van der Waals surface area contributed by atoms with Gasteiger partial charge in [0.1, 0.15) is 0 Å². The van der Waals surface area contributed by atoms with Crippen molar-refractivity contribution in [3.63, 3.8) is 0 Å². The Kier molecular flexibility index (Phi) is 8.04. The van der Waals surface area contributed by atoms with Crippen LogP contribution in [0.1, 0.15) is 50.5 Å². The molecule has 1 atom stereocenters. The summed E-state index contributed by atoms with van der Waals surface area (Å²) in [6.45, 7) is 3.33. The predicted octanol–water partition coefficient (Wildman–Crippen LogP) is 3.42. The van der Waals surface area contributed by atoms with E-state index in [4.69, 9.17) is 14.2 Å². The maximum Gasteiger partial charge on any atom is 0.224 e. The highest BCUT2D eigenvalue weighted by Gasteiger charge is 2.24. The minimum Gasteiger partial charge on any atom is -0.493 e. The normalized spacial score (nSPS) is 20.9. The molecule has 1 aromatic rings. The molecule has 1 amide bonds. The van der Waals surface area contributed by atoms with Crippen LogP contribution in [0.5, 0.6) is 17.2 Å². The summed E-state index contributed by atoms with van der Waals surface area (Å²) in [4.78, 5) is 15.2. The van der Waals surface area contributed by atoms with Crippen molar-refractivity contribution in [3.05, 3.63) is 17.7 Å². The van der Waals surface area contributed by atoms with Gasteiger partial charge in [-0.25, -0.2) is 0 Å². The smallest absolute Gasteiger partial charge is 0.224 e. The number of methoxy groups -OCH3 is 3. The summed E-state index contributed by atoms with van der Waals surface area (Å²) < 4.78 is 16.1. The van der Waals surface area contributed by atoms with Gasteiger partial charge in [-0.3, -0.25) is 4.79 Å². The molecule has 1 aliphatic heterocycles. The zero-order chi connectivity index (χ0) is 20.6. The Bertz CT molecular complexity index is 648. The molecule has 1 heterocycles. The maximum absolute atomic E-state index is 12.7. The second-order valence-electron chi connectivity index (χ2n) is 8.38. The van der Waals surface area contributed by atoms with Gasteiger partial charge in [0.05, 0.1) is 27.8 Å². The standard InChI is InChI=1S/C23H36N2O4/c1-27-20-12-18(13-21(28-2)23(20)29-3)14-22(26)24-19-10-7-11-25(16-19)15-17-8-5-4-6-9-17/h12-13,17,19H,4-11,14-16H2,1-3H3,(H,24,26)/t19-/m1/s1. The third-order valence-electron chi connectivity index (χ3n) is 6.20. The van der Waals surface area contributed by atoms with Crippen LogP contribution in [0.3, 0.4) is 0 Å². The highest BCUT2D eigenvalue weighted by molar-refractivity contribution is 5.79. The molecule has 1 aliphatic carbocycles. The van der Waals surface area contributed by atoms with Crippen molar-refractivity contribution in [2.45, 2.75) is 57.4 Å². The summed E-state index contributed by atoms with van der Waals surface area (Å²) in [6.07, 6.45) is 9.42. The Labute approximate surface area is 174 Å². The van der Waals surface area contributed by atoms with Gasteiger partial charge in [0, 0.05) is 19.1 Å². The van der Waals surface area contributed by atoms with E-state index in [0.29, 0.717) is 23.7 Å². The highest BCUT2D eigenvalue weighted by atomic mass is 16.5. The number of likely N-dealkylation sites (tertiary alicyclic amines) is 1. The fraction of sp³-hybridized carbons (Fsp3) is 0.696. The number of rotatable bonds is 8. The average molecular weight is 405 g/mol. The molecular formula is C23H36N2O4. The van der Waals surface area contributed by atoms with Gasteiger partial charge in [-0.1, -0.05) is 19.3 Å². The van der Waals surface area contributed by atoms with Crippen LogP contribution in [-0.2, 0) is 11.2 Å². The van der Waals surface area contributed by atoms with Crippen LogP contribution in [-0.4, -0.2) is 57.8 Å². The minimum atomic E-state index is 0.0452. The van der Waals surface area contributed by atoms with Gasteiger partial charge in [-0.05, 0) is 55.8 Å². The van der Waals surface area contributed by atoms with Gasteiger partial charge in [-0.15, -0.1) is 0 Å². The first kappa shape index (κ1) is 21.8. The first-order valence-corrected chi connectivity index (χ1v) is 10.9. The van der Waals surface area contributed by atoms with Gasteiger partial charge >= 0.3 is 0 Å². The predicted molar refractivity (Wildman–Crippen MR) is 114 cm³/mol. The van der Waals surface area contributed by atoms with Crippen LogP contribution in [0.2, 0.25) is 0 Å². The first-order valence-electron chi connectivity index (χ1n) is 10.9. The van der Waals surface area contributed by atoms with E-state index in [9.17, 15) is 4.79 Å². The summed E-state index contributed by atoms with van der Waals surface area (Å²) >= 11 is 0. The lowest BCUT2D eigenvalue weighted by Gasteiger charge is -2.36. The molecule has 6 nitrogen and oxygen atoms in total. The van der Waals surface area contributed by atoms with E-state index in [1.165, 1.54) is 38.6 Å². The molecule has 1 saturated heterocycles. The van der Waals surface area contributed by atoms with E-state index >= 15 is 0 Å². The summed E-state index contributed by atoms with van der Waals surface area (Å²) in [6, 6.07) is 3.93. The molecule has 2 fully saturated rings. The second-order valence-corrected chi connectivity index (χ2v) is 8.38. The summed E-state index contributed by atoms with van der Waals surface area (Å²) in [5.41, 5.74) is 0.854. The number of hydrogen-bond donors (Lipinski definition) is 1. The minimum absolute atomic E-state index is 0.0452.